The Bertz CT molecular complexity index is 515. The molecule has 0 fully saturated rings. The summed E-state index contributed by atoms with van der Waals surface area (Å²) in [5.41, 5.74) is 6.30. The van der Waals surface area contributed by atoms with Gasteiger partial charge in [-0.2, -0.15) is 0 Å². The molecule has 0 bridgehead atoms. The van der Waals surface area contributed by atoms with E-state index >= 15 is 0 Å². The van der Waals surface area contributed by atoms with Gasteiger partial charge in [-0.25, -0.2) is 4.79 Å². The lowest BCUT2D eigenvalue weighted by Crippen LogP contribution is -2.31. The van der Waals surface area contributed by atoms with Crippen molar-refractivity contribution in [2.45, 2.75) is 27.3 Å². The van der Waals surface area contributed by atoms with Crippen LogP contribution in [0, 0.1) is 5.92 Å². The molecule has 7 heteroatoms. The zero-order valence-electron chi connectivity index (χ0n) is 13.9. The molecule has 0 aliphatic carbocycles. The first-order valence-corrected chi connectivity index (χ1v) is 7.56. The van der Waals surface area contributed by atoms with Crippen LogP contribution < -0.4 is 10.5 Å². The maximum Gasteiger partial charge on any atom is 0.410 e. The van der Waals surface area contributed by atoms with E-state index < -0.39 is 0 Å². The van der Waals surface area contributed by atoms with Crippen LogP contribution in [0.5, 0.6) is 5.75 Å². The average Bonchev–Trinajstić information content (AvgIpc) is 2.56. The average molecular weight is 323 g/mol. The molecular formula is C16H25N3O4. The number of rotatable bonds is 8. The minimum atomic E-state index is -0.312. The topological polar surface area (TPSA) is 97.4 Å². The minimum absolute atomic E-state index is 0.000803. The first-order chi connectivity index (χ1) is 11.0. The van der Waals surface area contributed by atoms with Gasteiger partial charge < -0.3 is 25.3 Å². The van der Waals surface area contributed by atoms with E-state index in [1.165, 1.54) is 0 Å². The number of oxime groups is 1. The van der Waals surface area contributed by atoms with E-state index in [1.807, 2.05) is 32.9 Å². The van der Waals surface area contributed by atoms with Crippen molar-refractivity contribution < 1.29 is 19.5 Å². The number of nitrogens with two attached hydrogens (primary N) is 1. The number of amidine groups is 1. The van der Waals surface area contributed by atoms with Crippen molar-refractivity contribution >= 4 is 11.9 Å². The highest BCUT2D eigenvalue weighted by Crippen LogP contribution is 2.14. The number of hydrogen-bond acceptors (Lipinski definition) is 5. The molecule has 0 spiro atoms. The Balaban J connectivity index is 2.56. The molecule has 0 heterocycles. The summed E-state index contributed by atoms with van der Waals surface area (Å²) in [5.74, 6) is 0.911. The third-order valence-electron chi connectivity index (χ3n) is 2.99. The smallest absolute Gasteiger partial charge is 0.410 e. The van der Waals surface area contributed by atoms with Crippen LogP contribution in [0.1, 0.15) is 26.3 Å². The molecule has 0 saturated carbocycles. The van der Waals surface area contributed by atoms with Gasteiger partial charge in [-0.05, 0) is 30.5 Å². The lowest BCUT2D eigenvalue weighted by molar-refractivity contribution is 0.0915. The van der Waals surface area contributed by atoms with Gasteiger partial charge in [-0.15, -0.1) is 0 Å². The lowest BCUT2D eigenvalue weighted by atomic mass is 10.2. The van der Waals surface area contributed by atoms with Gasteiger partial charge in [0, 0.05) is 13.1 Å². The highest BCUT2D eigenvalue weighted by Gasteiger charge is 2.14. The fourth-order valence-corrected chi connectivity index (χ4v) is 1.73. The second-order valence-electron chi connectivity index (χ2n) is 5.51. The number of carbonyl (C=O) groups excluding carboxylic acids is 1. The van der Waals surface area contributed by atoms with Gasteiger partial charge in [-0.1, -0.05) is 31.1 Å². The standard InChI is InChI=1S/C16H25N3O4/c1-4-19(16(20)23-10-12(2)3)9-13-5-7-14(8-6-13)22-11-15(17)18-21/h5-8,12,21H,4,9-11H2,1-3H3,(H2,17,18). The van der Waals surface area contributed by atoms with Crippen LogP contribution >= 0.6 is 0 Å². The Morgan fingerprint density at radius 1 is 1.35 bits per heavy atom. The Hall–Kier alpha value is -2.44. The van der Waals surface area contributed by atoms with E-state index in [-0.39, 0.29) is 18.5 Å². The summed E-state index contributed by atoms with van der Waals surface area (Å²) in [7, 11) is 0. The molecule has 3 N–H and O–H groups in total. The van der Waals surface area contributed by atoms with Crippen molar-refractivity contribution in [2.75, 3.05) is 19.8 Å². The van der Waals surface area contributed by atoms with Crippen LogP contribution in [0.15, 0.2) is 29.4 Å². The van der Waals surface area contributed by atoms with Crippen molar-refractivity contribution in [2.24, 2.45) is 16.8 Å². The third-order valence-corrected chi connectivity index (χ3v) is 2.99. The van der Waals surface area contributed by atoms with Crippen LogP contribution in [-0.4, -0.2) is 41.8 Å². The van der Waals surface area contributed by atoms with E-state index in [0.29, 0.717) is 31.4 Å². The van der Waals surface area contributed by atoms with Gasteiger partial charge in [0.2, 0.25) is 0 Å². The number of benzene rings is 1. The molecule has 0 atom stereocenters. The van der Waals surface area contributed by atoms with Crippen LogP contribution in [0.3, 0.4) is 0 Å². The number of carbonyl (C=O) groups is 1. The SMILES string of the molecule is CCN(Cc1ccc(OC/C(N)=N\O)cc1)C(=O)OCC(C)C. The Morgan fingerprint density at radius 2 is 2.00 bits per heavy atom. The number of hydrogen-bond donors (Lipinski definition) is 2. The van der Waals surface area contributed by atoms with Gasteiger partial charge in [0.15, 0.2) is 5.84 Å². The fourth-order valence-electron chi connectivity index (χ4n) is 1.73. The molecule has 128 valence electrons. The molecule has 0 unspecified atom stereocenters. The Labute approximate surface area is 136 Å². The molecule has 1 aromatic carbocycles. The number of ether oxygens (including phenoxy) is 2. The van der Waals surface area contributed by atoms with Crippen molar-refractivity contribution in [1.82, 2.24) is 4.90 Å². The first-order valence-electron chi connectivity index (χ1n) is 7.56. The summed E-state index contributed by atoms with van der Waals surface area (Å²) in [6.07, 6.45) is -0.312. The van der Waals surface area contributed by atoms with E-state index in [1.54, 1.807) is 17.0 Å². The predicted molar refractivity (Wildman–Crippen MR) is 87.6 cm³/mol. The highest BCUT2D eigenvalue weighted by molar-refractivity contribution is 5.81. The maximum atomic E-state index is 12.0. The number of amides is 1. The van der Waals surface area contributed by atoms with Crippen molar-refractivity contribution in [3.8, 4) is 5.75 Å². The van der Waals surface area contributed by atoms with Crippen molar-refractivity contribution in [3.63, 3.8) is 0 Å². The van der Waals surface area contributed by atoms with Gasteiger partial charge in [0.1, 0.15) is 12.4 Å². The molecule has 1 amide bonds. The summed E-state index contributed by atoms with van der Waals surface area (Å²) in [6, 6.07) is 7.26. The largest absolute Gasteiger partial charge is 0.486 e. The van der Waals surface area contributed by atoms with E-state index in [2.05, 4.69) is 5.16 Å². The Kier molecular flexibility index (Phi) is 7.73. The zero-order valence-corrected chi connectivity index (χ0v) is 13.9. The molecule has 23 heavy (non-hydrogen) atoms. The van der Waals surface area contributed by atoms with E-state index in [9.17, 15) is 4.79 Å². The Morgan fingerprint density at radius 3 is 2.52 bits per heavy atom. The van der Waals surface area contributed by atoms with Crippen molar-refractivity contribution in [1.29, 1.82) is 0 Å². The first kappa shape index (κ1) is 18.6. The van der Waals surface area contributed by atoms with E-state index in [4.69, 9.17) is 20.4 Å². The maximum absolute atomic E-state index is 12.0. The summed E-state index contributed by atoms with van der Waals surface area (Å²) in [6.45, 7) is 7.36. The summed E-state index contributed by atoms with van der Waals surface area (Å²) in [5, 5.41) is 11.3. The second-order valence-corrected chi connectivity index (χ2v) is 5.51. The number of nitrogens with zero attached hydrogens (tertiary/aromatic N) is 2. The van der Waals surface area contributed by atoms with Crippen LogP contribution in [-0.2, 0) is 11.3 Å². The normalized spacial score (nSPS) is 11.4. The molecule has 7 nitrogen and oxygen atoms in total. The zero-order chi connectivity index (χ0) is 17.2. The van der Waals surface area contributed by atoms with Gasteiger partial charge in [0.05, 0.1) is 6.61 Å². The van der Waals surface area contributed by atoms with Crippen LogP contribution in [0.4, 0.5) is 4.79 Å². The van der Waals surface area contributed by atoms with E-state index in [0.717, 1.165) is 5.56 Å². The van der Waals surface area contributed by atoms with Gasteiger partial charge in [-0.3, -0.25) is 0 Å². The molecular weight excluding hydrogens is 298 g/mol. The fraction of sp³-hybridized carbons (Fsp3) is 0.500. The molecule has 0 radical (unpaired) electrons. The third kappa shape index (κ3) is 6.90. The quantitative estimate of drug-likeness (QED) is 0.331. The molecule has 1 rings (SSSR count). The summed E-state index contributed by atoms with van der Waals surface area (Å²) >= 11 is 0. The summed E-state index contributed by atoms with van der Waals surface area (Å²) in [4.78, 5) is 13.6. The molecule has 0 aliphatic rings. The minimum Gasteiger partial charge on any atom is -0.486 e. The monoisotopic (exact) mass is 323 g/mol. The molecule has 0 aromatic heterocycles. The van der Waals surface area contributed by atoms with Crippen LogP contribution in [0.2, 0.25) is 0 Å². The highest BCUT2D eigenvalue weighted by atomic mass is 16.6. The van der Waals surface area contributed by atoms with Gasteiger partial charge in [0.25, 0.3) is 0 Å². The molecule has 0 aliphatic heterocycles. The lowest BCUT2D eigenvalue weighted by Gasteiger charge is -2.21. The molecule has 1 aromatic rings. The van der Waals surface area contributed by atoms with Crippen LogP contribution in [0.25, 0.3) is 0 Å². The van der Waals surface area contributed by atoms with Crippen molar-refractivity contribution in [3.05, 3.63) is 29.8 Å². The summed E-state index contributed by atoms with van der Waals surface area (Å²) < 4.78 is 10.6. The second kappa shape index (κ2) is 9.55. The molecule has 0 saturated heterocycles. The van der Waals surface area contributed by atoms with Gasteiger partial charge >= 0.3 is 6.09 Å². The predicted octanol–water partition coefficient (Wildman–Crippen LogP) is 2.43.